The third-order valence-electron chi connectivity index (χ3n) is 2.93. The number of hydrogen-bond acceptors (Lipinski definition) is 2. The molecule has 1 aromatic carbocycles. The summed E-state index contributed by atoms with van der Waals surface area (Å²) < 4.78 is 0. The quantitative estimate of drug-likeness (QED) is 0.798. The van der Waals surface area contributed by atoms with Crippen LogP contribution in [0.25, 0.3) is 11.3 Å². The summed E-state index contributed by atoms with van der Waals surface area (Å²) in [4.78, 5) is 8.00. The van der Waals surface area contributed by atoms with Gasteiger partial charge in [0.2, 0.25) is 0 Å². The van der Waals surface area contributed by atoms with Crippen LogP contribution in [0.4, 0.5) is 0 Å². The van der Waals surface area contributed by atoms with Crippen LogP contribution in [0.15, 0.2) is 18.2 Å². The first kappa shape index (κ1) is 12.2. The fraction of sp³-hybridized carbons (Fsp3) is 0.357. The lowest BCUT2D eigenvalue weighted by Crippen LogP contribution is -1.89. The van der Waals surface area contributed by atoms with Gasteiger partial charge in [0, 0.05) is 17.7 Å². The molecule has 2 nitrogen and oxygen atoms in total. The molecule has 0 amide bonds. The highest BCUT2D eigenvalue weighted by atomic mass is 32.1. The van der Waals surface area contributed by atoms with Gasteiger partial charge in [-0.05, 0) is 38.2 Å². The molecular weight excluding hydrogens is 228 g/mol. The molecule has 0 unspecified atom stereocenters. The molecule has 0 aliphatic rings. The molecule has 0 bridgehead atoms. The molecule has 0 fully saturated rings. The summed E-state index contributed by atoms with van der Waals surface area (Å²) in [6.07, 6.45) is 0.884. The molecule has 0 aliphatic heterocycles. The minimum atomic E-state index is 0.819. The molecule has 1 aromatic heterocycles. The van der Waals surface area contributed by atoms with E-state index in [0.717, 1.165) is 29.4 Å². The first-order valence-corrected chi connectivity index (χ1v) is 6.49. The van der Waals surface area contributed by atoms with Crippen LogP contribution in [0.5, 0.6) is 0 Å². The lowest BCUT2D eigenvalue weighted by atomic mass is 10.0. The van der Waals surface area contributed by atoms with Crippen molar-refractivity contribution in [3.05, 3.63) is 40.8 Å². The molecule has 0 spiro atoms. The first-order chi connectivity index (χ1) is 8.11. The summed E-state index contributed by atoms with van der Waals surface area (Å²) in [5.41, 5.74) is 5.97. The van der Waals surface area contributed by atoms with Gasteiger partial charge in [0.25, 0.3) is 0 Å². The van der Waals surface area contributed by atoms with Crippen LogP contribution in [0.2, 0.25) is 0 Å². The van der Waals surface area contributed by atoms with Gasteiger partial charge in [-0.1, -0.05) is 17.7 Å². The van der Waals surface area contributed by atoms with Crippen molar-refractivity contribution in [3.8, 4) is 11.3 Å². The molecule has 1 heterocycles. The normalized spacial score (nSPS) is 10.8. The van der Waals surface area contributed by atoms with Gasteiger partial charge in [-0.2, -0.15) is 12.6 Å². The van der Waals surface area contributed by atoms with Crippen molar-refractivity contribution in [1.82, 2.24) is 9.97 Å². The Hall–Kier alpha value is -1.22. The number of aryl methyl sites for hydroxylation is 4. The number of aromatic amines is 1. The van der Waals surface area contributed by atoms with Crippen LogP contribution >= 0.6 is 12.6 Å². The SMILES string of the molecule is Cc1ccc(C)c(-c2nc(CCS)[nH]c2C)c1. The van der Waals surface area contributed by atoms with E-state index in [-0.39, 0.29) is 0 Å². The standard InChI is InChI=1S/C14H18N2S/c1-9-4-5-10(2)12(8-9)14-11(3)15-13(16-14)6-7-17/h4-5,8,17H,6-7H2,1-3H3,(H,15,16). The van der Waals surface area contributed by atoms with Gasteiger partial charge in [-0.3, -0.25) is 0 Å². The topological polar surface area (TPSA) is 28.7 Å². The van der Waals surface area contributed by atoms with Gasteiger partial charge < -0.3 is 4.98 Å². The van der Waals surface area contributed by atoms with E-state index in [1.807, 2.05) is 0 Å². The van der Waals surface area contributed by atoms with E-state index < -0.39 is 0 Å². The smallest absolute Gasteiger partial charge is 0.107 e. The predicted octanol–water partition coefficient (Wildman–Crippen LogP) is 3.47. The Morgan fingerprint density at radius 3 is 2.71 bits per heavy atom. The second kappa shape index (κ2) is 4.96. The van der Waals surface area contributed by atoms with E-state index in [2.05, 4.69) is 61.6 Å². The van der Waals surface area contributed by atoms with E-state index in [0.29, 0.717) is 0 Å². The highest BCUT2D eigenvalue weighted by Crippen LogP contribution is 2.25. The Morgan fingerprint density at radius 2 is 2.00 bits per heavy atom. The summed E-state index contributed by atoms with van der Waals surface area (Å²) in [7, 11) is 0. The Labute approximate surface area is 108 Å². The van der Waals surface area contributed by atoms with Crippen molar-refractivity contribution < 1.29 is 0 Å². The molecule has 3 heteroatoms. The Morgan fingerprint density at radius 1 is 1.24 bits per heavy atom. The Kier molecular flexibility index (Phi) is 3.57. The average molecular weight is 246 g/mol. The summed E-state index contributed by atoms with van der Waals surface area (Å²) >= 11 is 4.24. The number of aromatic nitrogens is 2. The lowest BCUT2D eigenvalue weighted by Gasteiger charge is -2.05. The zero-order valence-electron chi connectivity index (χ0n) is 10.5. The van der Waals surface area contributed by atoms with Gasteiger partial charge in [-0.25, -0.2) is 4.98 Å². The van der Waals surface area contributed by atoms with Crippen LogP contribution in [0.1, 0.15) is 22.6 Å². The maximum Gasteiger partial charge on any atom is 0.107 e. The van der Waals surface area contributed by atoms with Crippen molar-refractivity contribution >= 4 is 12.6 Å². The van der Waals surface area contributed by atoms with E-state index in [4.69, 9.17) is 0 Å². The third kappa shape index (κ3) is 2.55. The van der Waals surface area contributed by atoms with E-state index in [1.54, 1.807) is 0 Å². The van der Waals surface area contributed by atoms with Gasteiger partial charge in [0.05, 0.1) is 5.69 Å². The van der Waals surface area contributed by atoms with Gasteiger partial charge in [-0.15, -0.1) is 0 Å². The summed E-state index contributed by atoms with van der Waals surface area (Å²) in [6, 6.07) is 6.48. The first-order valence-electron chi connectivity index (χ1n) is 5.86. The van der Waals surface area contributed by atoms with Crippen LogP contribution in [-0.2, 0) is 6.42 Å². The summed E-state index contributed by atoms with van der Waals surface area (Å²) in [6.45, 7) is 6.31. The lowest BCUT2D eigenvalue weighted by molar-refractivity contribution is 0.994. The number of benzene rings is 1. The molecule has 0 radical (unpaired) electrons. The number of H-pyrrole nitrogens is 1. The molecule has 17 heavy (non-hydrogen) atoms. The van der Waals surface area contributed by atoms with Crippen LogP contribution < -0.4 is 0 Å². The van der Waals surface area contributed by atoms with Gasteiger partial charge in [0.1, 0.15) is 5.82 Å². The van der Waals surface area contributed by atoms with Gasteiger partial charge >= 0.3 is 0 Å². The highest BCUT2D eigenvalue weighted by Gasteiger charge is 2.10. The van der Waals surface area contributed by atoms with Crippen molar-refractivity contribution in [2.75, 3.05) is 5.75 Å². The Balaban J connectivity index is 2.48. The maximum absolute atomic E-state index is 4.67. The molecule has 0 saturated carbocycles. The molecule has 2 rings (SSSR count). The minimum Gasteiger partial charge on any atom is -0.346 e. The van der Waals surface area contributed by atoms with Crippen LogP contribution in [0.3, 0.4) is 0 Å². The molecule has 90 valence electrons. The second-order valence-corrected chi connectivity index (χ2v) is 4.90. The molecule has 2 aromatic rings. The zero-order valence-corrected chi connectivity index (χ0v) is 11.4. The average Bonchev–Trinajstić information content (AvgIpc) is 2.64. The number of nitrogens with one attached hydrogen (secondary N) is 1. The molecule has 0 atom stereocenters. The van der Waals surface area contributed by atoms with Crippen LogP contribution in [-0.4, -0.2) is 15.7 Å². The summed E-state index contributed by atoms with van der Waals surface area (Å²) in [5.74, 6) is 1.84. The number of nitrogens with zero attached hydrogens (tertiary/aromatic N) is 1. The summed E-state index contributed by atoms with van der Waals surface area (Å²) in [5, 5.41) is 0. The molecule has 0 saturated heterocycles. The monoisotopic (exact) mass is 246 g/mol. The second-order valence-electron chi connectivity index (χ2n) is 4.45. The fourth-order valence-corrected chi connectivity index (χ4v) is 2.21. The van der Waals surface area contributed by atoms with E-state index in [9.17, 15) is 0 Å². The Bertz CT molecular complexity index is 529. The molecule has 1 N–H and O–H groups in total. The van der Waals surface area contributed by atoms with E-state index >= 15 is 0 Å². The van der Waals surface area contributed by atoms with Crippen molar-refractivity contribution in [2.45, 2.75) is 27.2 Å². The molecule has 0 aliphatic carbocycles. The third-order valence-corrected chi connectivity index (χ3v) is 3.15. The highest BCUT2D eigenvalue weighted by molar-refractivity contribution is 7.80. The van der Waals surface area contributed by atoms with Crippen molar-refractivity contribution in [2.24, 2.45) is 0 Å². The van der Waals surface area contributed by atoms with Crippen molar-refractivity contribution in [3.63, 3.8) is 0 Å². The maximum atomic E-state index is 4.67. The molecular formula is C14H18N2S. The van der Waals surface area contributed by atoms with Crippen molar-refractivity contribution in [1.29, 1.82) is 0 Å². The van der Waals surface area contributed by atoms with Crippen LogP contribution in [0, 0.1) is 20.8 Å². The predicted molar refractivity (Wildman–Crippen MR) is 75.8 cm³/mol. The van der Waals surface area contributed by atoms with Gasteiger partial charge in [0.15, 0.2) is 0 Å². The largest absolute Gasteiger partial charge is 0.346 e. The van der Waals surface area contributed by atoms with E-state index in [1.165, 1.54) is 16.7 Å². The minimum absolute atomic E-state index is 0.819. The number of hydrogen-bond donors (Lipinski definition) is 2. The zero-order chi connectivity index (χ0) is 12.4. The number of rotatable bonds is 3. The number of imidazole rings is 1. The fourth-order valence-electron chi connectivity index (χ4n) is 2.00. The number of thiol groups is 1.